The SMILES string of the molecule is NCCC[C@@H](COc1ccc2ccccc2c1)NC(=O)[C@@H](N)Cc1ccccc1.O=C(O)C(F)(F)F. The standard InChI is InChI=1S/C24H29N3O2.C2HF3O2/c25-14-6-11-21(27-24(28)23(26)15-18-7-2-1-3-8-18)17-29-22-13-12-19-9-4-5-10-20(19)16-22;3-2(4,5)1(6)7/h1-5,7-10,12-13,16,21,23H,6,11,14-15,17,25-26H2,(H,27,28);(H,6,7)/t21-,23-;/m0./s1. The number of amides is 1. The minimum Gasteiger partial charge on any atom is -0.491 e. The minimum atomic E-state index is -5.08. The Labute approximate surface area is 207 Å². The Morgan fingerprint density at radius 1 is 0.972 bits per heavy atom. The number of ether oxygens (including phenoxy) is 1. The number of hydrogen-bond acceptors (Lipinski definition) is 5. The fraction of sp³-hybridized carbons (Fsp3) is 0.308. The van der Waals surface area contributed by atoms with Gasteiger partial charge in [0.2, 0.25) is 5.91 Å². The average Bonchev–Trinajstić information content (AvgIpc) is 2.85. The van der Waals surface area contributed by atoms with E-state index in [4.69, 9.17) is 26.1 Å². The Kier molecular flexibility index (Phi) is 11.2. The summed E-state index contributed by atoms with van der Waals surface area (Å²) >= 11 is 0. The number of halogens is 3. The van der Waals surface area contributed by atoms with Gasteiger partial charge in [-0.1, -0.05) is 60.7 Å². The molecule has 0 saturated heterocycles. The van der Waals surface area contributed by atoms with Crippen molar-refractivity contribution in [1.82, 2.24) is 5.32 Å². The Hall–Kier alpha value is -3.63. The lowest BCUT2D eigenvalue weighted by atomic mass is 10.1. The quantitative estimate of drug-likeness (QED) is 0.333. The molecular weight excluding hydrogens is 475 g/mol. The van der Waals surface area contributed by atoms with Crippen LogP contribution in [0.3, 0.4) is 0 Å². The van der Waals surface area contributed by atoms with Crippen LogP contribution in [0, 0.1) is 0 Å². The van der Waals surface area contributed by atoms with Crippen LogP contribution < -0.4 is 21.5 Å². The summed E-state index contributed by atoms with van der Waals surface area (Å²) in [6.07, 6.45) is -3.03. The molecule has 10 heteroatoms. The van der Waals surface area contributed by atoms with Crippen molar-refractivity contribution in [1.29, 1.82) is 0 Å². The number of hydrogen-bond donors (Lipinski definition) is 4. The smallest absolute Gasteiger partial charge is 0.490 e. The van der Waals surface area contributed by atoms with E-state index < -0.39 is 18.2 Å². The van der Waals surface area contributed by atoms with Crippen LogP contribution >= 0.6 is 0 Å². The number of fused-ring (bicyclic) bond motifs is 1. The molecule has 0 radical (unpaired) electrons. The van der Waals surface area contributed by atoms with Crippen LogP contribution in [0.4, 0.5) is 13.2 Å². The zero-order chi connectivity index (χ0) is 26.6. The molecule has 0 fully saturated rings. The van der Waals surface area contributed by atoms with Crippen molar-refractivity contribution in [2.24, 2.45) is 11.5 Å². The van der Waals surface area contributed by atoms with Crippen LogP contribution in [0.2, 0.25) is 0 Å². The summed E-state index contributed by atoms with van der Waals surface area (Å²) in [6.45, 7) is 0.945. The van der Waals surface area contributed by atoms with E-state index in [-0.39, 0.29) is 11.9 Å². The molecule has 0 aliphatic carbocycles. The summed E-state index contributed by atoms with van der Waals surface area (Å²) in [7, 11) is 0. The molecule has 0 bridgehead atoms. The number of alkyl halides is 3. The van der Waals surface area contributed by atoms with Gasteiger partial charge in [-0.2, -0.15) is 13.2 Å². The van der Waals surface area contributed by atoms with Gasteiger partial charge in [0.1, 0.15) is 12.4 Å². The normalized spacial score (nSPS) is 12.7. The van der Waals surface area contributed by atoms with Crippen LogP contribution in [0.5, 0.6) is 5.75 Å². The van der Waals surface area contributed by atoms with Crippen LogP contribution in [-0.4, -0.2) is 48.4 Å². The molecule has 7 nitrogen and oxygen atoms in total. The number of carbonyl (C=O) groups is 2. The van der Waals surface area contributed by atoms with E-state index in [1.807, 2.05) is 60.7 Å². The van der Waals surface area contributed by atoms with Crippen molar-refractivity contribution < 1.29 is 32.6 Å². The third kappa shape index (κ3) is 9.93. The molecule has 36 heavy (non-hydrogen) atoms. The molecule has 0 aromatic heterocycles. The number of nitrogens with one attached hydrogen (secondary N) is 1. The zero-order valence-electron chi connectivity index (χ0n) is 19.6. The summed E-state index contributed by atoms with van der Waals surface area (Å²) < 4.78 is 37.7. The zero-order valence-corrected chi connectivity index (χ0v) is 19.6. The highest BCUT2D eigenvalue weighted by Crippen LogP contribution is 2.21. The predicted molar refractivity (Wildman–Crippen MR) is 131 cm³/mol. The number of benzene rings is 3. The number of aliphatic carboxylic acids is 1. The van der Waals surface area contributed by atoms with Gasteiger partial charge in [-0.15, -0.1) is 0 Å². The molecular formula is C26H30F3N3O4. The van der Waals surface area contributed by atoms with Crippen LogP contribution in [0.25, 0.3) is 10.8 Å². The van der Waals surface area contributed by atoms with Gasteiger partial charge in [-0.3, -0.25) is 4.79 Å². The summed E-state index contributed by atoms with van der Waals surface area (Å²) in [4.78, 5) is 21.5. The molecule has 3 aromatic rings. The first-order chi connectivity index (χ1) is 17.1. The van der Waals surface area contributed by atoms with E-state index in [1.54, 1.807) is 0 Å². The maximum Gasteiger partial charge on any atom is 0.490 e. The Morgan fingerprint density at radius 2 is 1.58 bits per heavy atom. The highest BCUT2D eigenvalue weighted by molar-refractivity contribution is 5.84. The van der Waals surface area contributed by atoms with Crippen LogP contribution in [-0.2, 0) is 16.0 Å². The largest absolute Gasteiger partial charge is 0.491 e. The van der Waals surface area contributed by atoms with Crippen molar-refractivity contribution in [2.45, 2.75) is 37.5 Å². The fourth-order valence-electron chi connectivity index (χ4n) is 3.28. The lowest BCUT2D eigenvalue weighted by Gasteiger charge is -2.21. The summed E-state index contributed by atoms with van der Waals surface area (Å²) in [6, 6.07) is 23.2. The van der Waals surface area contributed by atoms with Gasteiger partial charge in [0, 0.05) is 0 Å². The number of nitrogens with two attached hydrogens (primary N) is 2. The first kappa shape index (κ1) is 28.6. The summed E-state index contributed by atoms with van der Waals surface area (Å²) in [5.74, 6) is -2.14. The second kappa shape index (κ2) is 14.1. The second-order valence-electron chi connectivity index (χ2n) is 8.06. The average molecular weight is 506 g/mol. The predicted octanol–water partition coefficient (Wildman–Crippen LogP) is 3.65. The topological polar surface area (TPSA) is 128 Å². The van der Waals surface area contributed by atoms with E-state index in [0.717, 1.165) is 29.5 Å². The van der Waals surface area contributed by atoms with E-state index in [2.05, 4.69) is 17.4 Å². The van der Waals surface area contributed by atoms with E-state index in [9.17, 15) is 18.0 Å². The fourth-order valence-corrected chi connectivity index (χ4v) is 3.28. The molecule has 3 rings (SSSR count). The van der Waals surface area contributed by atoms with Gasteiger partial charge in [0.05, 0.1) is 12.1 Å². The molecule has 0 heterocycles. The highest BCUT2D eigenvalue weighted by Gasteiger charge is 2.38. The molecule has 0 aliphatic rings. The van der Waals surface area contributed by atoms with Crippen LogP contribution in [0.15, 0.2) is 72.8 Å². The van der Waals surface area contributed by atoms with Crippen molar-refractivity contribution in [2.75, 3.05) is 13.2 Å². The van der Waals surface area contributed by atoms with Crippen molar-refractivity contribution >= 4 is 22.6 Å². The molecule has 0 spiro atoms. The summed E-state index contributed by atoms with van der Waals surface area (Å²) in [5, 5.41) is 12.4. The van der Waals surface area contributed by atoms with Gasteiger partial charge in [0.25, 0.3) is 0 Å². The minimum absolute atomic E-state index is 0.139. The van der Waals surface area contributed by atoms with Crippen LogP contribution in [0.1, 0.15) is 18.4 Å². The van der Waals surface area contributed by atoms with Gasteiger partial charge in [-0.05, 0) is 54.3 Å². The molecule has 0 saturated carbocycles. The Morgan fingerprint density at radius 3 is 2.19 bits per heavy atom. The number of rotatable bonds is 10. The van der Waals surface area contributed by atoms with Crippen molar-refractivity contribution in [3.63, 3.8) is 0 Å². The monoisotopic (exact) mass is 505 g/mol. The molecule has 0 unspecified atom stereocenters. The number of carboxylic acid groups (broad SMARTS) is 1. The molecule has 3 aromatic carbocycles. The lowest BCUT2D eigenvalue weighted by molar-refractivity contribution is -0.192. The van der Waals surface area contributed by atoms with Gasteiger partial charge in [0.15, 0.2) is 0 Å². The van der Waals surface area contributed by atoms with E-state index in [0.29, 0.717) is 19.6 Å². The summed E-state index contributed by atoms with van der Waals surface area (Å²) in [5.41, 5.74) is 12.8. The van der Waals surface area contributed by atoms with Crippen molar-refractivity contribution in [3.05, 3.63) is 78.4 Å². The van der Waals surface area contributed by atoms with Crippen molar-refractivity contribution in [3.8, 4) is 5.75 Å². The molecule has 6 N–H and O–H groups in total. The Bertz CT molecular complexity index is 1110. The molecule has 2 atom stereocenters. The molecule has 1 amide bonds. The van der Waals surface area contributed by atoms with E-state index >= 15 is 0 Å². The third-order valence-electron chi connectivity index (χ3n) is 5.15. The number of carboxylic acids is 1. The maximum absolute atomic E-state index is 12.6. The van der Waals surface area contributed by atoms with Gasteiger partial charge in [-0.25, -0.2) is 4.79 Å². The highest BCUT2D eigenvalue weighted by atomic mass is 19.4. The molecule has 0 aliphatic heterocycles. The Balaban J connectivity index is 0.000000572. The number of carbonyl (C=O) groups excluding carboxylic acids is 1. The first-order valence-electron chi connectivity index (χ1n) is 11.3. The third-order valence-corrected chi connectivity index (χ3v) is 5.15. The van der Waals surface area contributed by atoms with Gasteiger partial charge >= 0.3 is 12.1 Å². The first-order valence-corrected chi connectivity index (χ1v) is 11.3. The maximum atomic E-state index is 12.6. The van der Waals surface area contributed by atoms with E-state index in [1.165, 1.54) is 5.39 Å². The second-order valence-corrected chi connectivity index (χ2v) is 8.06. The lowest BCUT2D eigenvalue weighted by Crippen LogP contribution is -2.48. The molecule has 194 valence electrons. The van der Waals surface area contributed by atoms with Gasteiger partial charge < -0.3 is 26.6 Å².